The Morgan fingerprint density at radius 2 is 1.22 bits per heavy atom. The van der Waals surface area contributed by atoms with Gasteiger partial charge in [-0.15, -0.1) is 16.5 Å². The van der Waals surface area contributed by atoms with Crippen LogP contribution in [0.4, 0.5) is 4.79 Å². The Bertz CT molecular complexity index is 2150. The van der Waals surface area contributed by atoms with Crippen LogP contribution in [0.1, 0.15) is 71.3 Å². The Kier molecular flexibility index (Phi) is 12.7. The molecule has 0 radical (unpaired) electrons. The van der Waals surface area contributed by atoms with E-state index in [0.717, 1.165) is 27.8 Å². The summed E-state index contributed by atoms with van der Waals surface area (Å²) in [4.78, 5) is 33.0. The largest absolute Gasteiger partial charge is 0.616 e. The number of carbonyl (C=O) groups excluding carboxylic acids is 2. The molecule has 302 valence electrons. The molecule has 0 bridgehead atoms. The molecule has 1 saturated heterocycles. The quantitative estimate of drug-likeness (QED) is 0.0657. The van der Waals surface area contributed by atoms with E-state index in [4.69, 9.17) is 9.47 Å². The minimum Gasteiger partial charge on any atom is -0.616 e. The number of pyridine rings is 1. The number of methoxy groups -OCH3 is 1. The van der Waals surface area contributed by atoms with Crippen molar-refractivity contribution in [3.05, 3.63) is 209 Å². The fourth-order valence-corrected chi connectivity index (χ4v) is 9.95. The van der Waals surface area contributed by atoms with Crippen LogP contribution in [-0.4, -0.2) is 65.4 Å². The molecule has 1 aromatic heterocycles. The summed E-state index contributed by atoms with van der Waals surface area (Å²) in [6.45, 7) is 6.53. The Balaban J connectivity index is 1.37. The first kappa shape index (κ1) is 41.1. The number of carbonyl (C=O) groups is 2. The second kappa shape index (κ2) is 18.2. The number of amides is 2. The molecule has 0 aliphatic carbocycles. The minimum atomic E-state index is -0.735. The average Bonchev–Trinajstić information content (AvgIpc) is 3.66. The lowest BCUT2D eigenvalue weighted by molar-refractivity contribution is -0.612. The molecule has 2 heterocycles. The Labute approximate surface area is 352 Å². The van der Waals surface area contributed by atoms with Gasteiger partial charge in [0.15, 0.2) is 6.20 Å². The maximum absolute atomic E-state index is 15.0. The SMILES string of the molecule is COc1ccc(C(=O)N(CC(c2ccccc2)c2ccccc2)CC2C(SC(c3ccccc3)(c3ccccc3)c3ccccc3)CCN2C(=O)OC(C)(C)C)c[n+]1[O-]. The van der Waals surface area contributed by atoms with E-state index < -0.39 is 22.5 Å². The zero-order valence-corrected chi connectivity index (χ0v) is 34.8. The number of hydrogen-bond donors (Lipinski definition) is 0. The van der Waals surface area contributed by atoms with E-state index in [1.54, 1.807) is 6.07 Å². The summed E-state index contributed by atoms with van der Waals surface area (Å²) < 4.78 is 11.2. The van der Waals surface area contributed by atoms with E-state index in [0.29, 0.717) is 17.7 Å². The van der Waals surface area contributed by atoms with Gasteiger partial charge < -0.3 is 24.5 Å². The zero-order valence-electron chi connectivity index (χ0n) is 34.0. The molecule has 2 atom stereocenters. The van der Waals surface area contributed by atoms with E-state index in [2.05, 4.69) is 97.1 Å². The highest BCUT2D eigenvalue weighted by atomic mass is 32.2. The predicted octanol–water partition coefficient (Wildman–Crippen LogP) is 9.71. The van der Waals surface area contributed by atoms with Crippen molar-refractivity contribution in [2.24, 2.45) is 0 Å². The minimum absolute atomic E-state index is 0.0852. The second-order valence-corrected chi connectivity index (χ2v) is 17.3. The van der Waals surface area contributed by atoms with E-state index in [9.17, 15) is 10.0 Å². The summed E-state index contributed by atoms with van der Waals surface area (Å²) in [6, 6.07) is 54.5. The van der Waals surface area contributed by atoms with Crippen molar-refractivity contribution in [1.82, 2.24) is 9.80 Å². The number of rotatable bonds is 13. The van der Waals surface area contributed by atoms with Crippen LogP contribution in [-0.2, 0) is 9.48 Å². The molecular formula is C50H51N3O5S. The third kappa shape index (κ3) is 9.31. The summed E-state index contributed by atoms with van der Waals surface area (Å²) >= 11 is 1.82. The van der Waals surface area contributed by atoms with Crippen molar-refractivity contribution in [3.8, 4) is 5.88 Å². The molecule has 7 rings (SSSR count). The van der Waals surface area contributed by atoms with Crippen LogP contribution in [0.3, 0.4) is 0 Å². The van der Waals surface area contributed by atoms with Gasteiger partial charge in [-0.3, -0.25) is 4.79 Å². The molecule has 1 fully saturated rings. The molecular weight excluding hydrogens is 755 g/mol. The van der Waals surface area contributed by atoms with Gasteiger partial charge >= 0.3 is 12.0 Å². The van der Waals surface area contributed by atoms with Crippen molar-refractivity contribution >= 4 is 23.8 Å². The number of thioether (sulfide) groups is 1. The van der Waals surface area contributed by atoms with Crippen molar-refractivity contribution in [1.29, 1.82) is 0 Å². The molecule has 1 aliphatic rings. The van der Waals surface area contributed by atoms with Crippen molar-refractivity contribution in [3.63, 3.8) is 0 Å². The van der Waals surface area contributed by atoms with Crippen LogP contribution in [0.25, 0.3) is 0 Å². The van der Waals surface area contributed by atoms with Crippen molar-refractivity contribution in [2.75, 3.05) is 26.7 Å². The molecule has 5 aromatic carbocycles. The third-order valence-electron chi connectivity index (χ3n) is 10.8. The molecule has 59 heavy (non-hydrogen) atoms. The van der Waals surface area contributed by atoms with Gasteiger partial charge in [-0.1, -0.05) is 152 Å². The fourth-order valence-electron chi connectivity index (χ4n) is 8.07. The monoisotopic (exact) mass is 805 g/mol. The summed E-state index contributed by atoms with van der Waals surface area (Å²) in [6.07, 6.45) is 1.51. The topological polar surface area (TPSA) is 86.0 Å². The van der Waals surface area contributed by atoms with Crippen LogP contribution in [0.2, 0.25) is 0 Å². The normalized spacial score (nSPS) is 15.5. The third-order valence-corrected chi connectivity index (χ3v) is 12.7. The van der Waals surface area contributed by atoms with Crippen molar-refractivity contribution in [2.45, 2.75) is 54.7 Å². The fraction of sp³-hybridized carbons (Fsp3) is 0.260. The summed E-state index contributed by atoms with van der Waals surface area (Å²) in [5.41, 5.74) is 4.90. The zero-order chi connectivity index (χ0) is 41.4. The number of ether oxygens (including phenoxy) is 2. The van der Waals surface area contributed by atoms with Gasteiger partial charge in [-0.25, -0.2) is 4.79 Å². The molecule has 9 heteroatoms. The lowest BCUT2D eigenvalue weighted by Crippen LogP contribution is -2.51. The van der Waals surface area contributed by atoms with E-state index >= 15 is 4.79 Å². The standard InChI is InChI=1S/C50H51N3O5S/c1-49(2,3)58-48(55)52-33-32-45(59-50(40-24-14-7-15-25-40,41-26-16-8-17-27-41)42-28-18-9-19-29-42)44(52)36-51(47(54)39-30-31-46(57-4)53(56)34-39)35-43(37-20-10-5-11-21-37)38-22-12-6-13-23-38/h5-31,34,43-45H,32-33,35-36H2,1-4H3. The summed E-state index contributed by atoms with van der Waals surface area (Å²) in [5.74, 6) is -0.449. The van der Waals surface area contributed by atoms with E-state index in [1.807, 2.05) is 96.9 Å². The molecule has 0 N–H and O–H groups in total. The van der Waals surface area contributed by atoms with Gasteiger partial charge in [0.25, 0.3) is 5.91 Å². The lowest BCUT2D eigenvalue weighted by atomic mass is 9.84. The second-order valence-electron chi connectivity index (χ2n) is 15.8. The molecule has 8 nitrogen and oxygen atoms in total. The van der Waals surface area contributed by atoms with Gasteiger partial charge in [0, 0.05) is 30.8 Å². The first-order chi connectivity index (χ1) is 28.6. The molecule has 6 aromatic rings. The number of hydrogen-bond acceptors (Lipinski definition) is 6. The molecule has 0 spiro atoms. The van der Waals surface area contributed by atoms with E-state index in [-0.39, 0.29) is 41.6 Å². The highest BCUT2D eigenvalue weighted by Crippen LogP contribution is 2.53. The number of aromatic nitrogens is 1. The van der Waals surface area contributed by atoms with Gasteiger partial charge in [-0.2, -0.15) is 0 Å². The van der Waals surface area contributed by atoms with E-state index in [1.165, 1.54) is 19.4 Å². The molecule has 2 unspecified atom stereocenters. The number of benzene rings is 5. The Morgan fingerprint density at radius 1 is 0.746 bits per heavy atom. The maximum atomic E-state index is 15.0. The highest BCUT2D eigenvalue weighted by molar-refractivity contribution is 8.01. The predicted molar refractivity (Wildman–Crippen MR) is 235 cm³/mol. The Morgan fingerprint density at radius 3 is 1.66 bits per heavy atom. The van der Waals surface area contributed by atoms with Gasteiger partial charge in [0.2, 0.25) is 0 Å². The molecule has 2 amide bonds. The molecule has 0 saturated carbocycles. The van der Waals surface area contributed by atoms with Gasteiger partial charge in [0.05, 0.1) is 24.0 Å². The van der Waals surface area contributed by atoms with Crippen LogP contribution < -0.4 is 9.47 Å². The average molecular weight is 806 g/mol. The van der Waals surface area contributed by atoms with Crippen LogP contribution in [0.5, 0.6) is 5.88 Å². The number of likely N-dealkylation sites (tertiary alicyclic amines) is 1. The van der Waals surface area contributed by atoms with Gasteiger partial charge in [0.1, 0.15) is 11.2 Å². The Hall–Kier alpha value is -6.06. The summed E-state index contributed by atoms with van der Waals surface area (Å²) in [5, 5.41) is 12.9. The first-order valence-electron chi connectivity index (χ1n) is 20.1. The molecule has 1 aliphatic heterocycles. The van der Waals surface area contributed by atoms with Crippen LogP contribution in [0, 0.1) is 5.21 Å². The highest BCUT2D eigenvalue weighted by Gasteiger charge is 2.47. The van der Waals surface area contributed by atoms with Gasteiger partial charge in [-0.05, 0) is 61.1 Å². The van der Waals surface area contributed by atoms with Crippen LogP contribution >= 0.6 is 11.8 Å². The van der Waals surface area contributed by atoms with Crippen LogP contribution in [0.15, 0.2) is 170 Å². The van der Waals surface area contributed by atoms with Crippen molar-refractivity contribution < 1.29 is 23.8 Å². The first-order valence-corrected chi connectivity index (χ1v) is 21.0. The smallest absolute Gasteiger partial charge is 0.410 e. The number of nitrogens with zero attached hydrogens (tertiary/aromatic N) is 3. The lowest BCUT2D eigenvalue weighted by Gasteiger charge is -2.41. The summed E-state index contributed by atoms with van der Waals surface area (Å²) in [7, 11) is 1.42. The maximum Gasteiger partial charge on any atom is 0.410 e.